The molecule has 0 heterocycles. The van der Waals surface area contributed by atoms with Gasteiger partial charge in [0.15, 0.2) is 0 Å². The largest absolute Gasteiger partial charge is 0.497 e. The summed E-state index contributed by atoms with van der Waals surface area (Å²) in [6.07, 6.45) is 0. The molecule has 0 bridgehead atoms. The summed E-state index contributed by atoms with van der Waals surface area (Å²) in [5.41, 5.74) is 1.11. The molecule has 76 valence electrons. The highest BCUT2D eigenvalue weighted by Gasteiger charge is 1.99. The average Bonchev–Trinajstić information content (AvgIpc) is 2.27. The summed E-state index contributed by atoms with van der Waals surface area (Å²) in [6, 6.07) is 12.3. The van der Waals surface area contributed by atoms with Gasteiger partial charge in [-0.05, 0) is 41.5 Å². The maximum atomic E-state index is 5.17. The maximum absolute atomic E-state index is 5.17. The molecule has 0 saturated carbocycles. The number of benzene rings is 2. The Hall–Kier alpha value is -1.41. The second-order valence-corrected chi connectivity index (χ2v) is 4.10. The molecular formula is C13H12OS. The lowest BCUT2D eigenvalue weighted by molar-refractivity contribution is 0.415. The zero-order valence-electron chi connectivity index (χ0n) is 8.78. The van der Waals surface area contributed by atoms with Crippen molar-refractivity contribution < 1.29 is 4.74 Å². The summed E-state index contributed by atoms with van der Waals surface area (Å²) in [6.45, 7) is 1.94. The highest BCUT2D eigenvalue weighted by molar-refractivity contribution is 7.80. The van der Waals surface area contributed by atoms with Crippen LogP contribution in [0.3, 0.4) is 0 Å². The fraction of sp³-hybridized carbons (Fsp3) is 0.154. The van der Waals surface area contributed by atoms with E-state index in [1.165, 1.54) is 10.8 Å². The van der Waals surface area contributed by atoms with Crippen LogP contribution in [-0.4, -0.2) is 12.0 Å². The molecule has 0 aromatic heterocycles. The van der Waals surface area contributed by atoms with Crippen LogP contribution >= 0.6 is 12.2 Å². The van der Waals surface area contributed by atoms with E-state index < -0.39 is 0 Å². The first-order valence-corrected chi connectivity index (χ1v) is 5.20. The fourth-order valence-corrected chi connectivity index (χ4v) is 1.70. The Bertz CT molecular complexity index is 517. The lowest BCUT2D eigenvalue weighted by Gasteiger charge is -2.04. The second kappa shape index (κ2) is 3.99. The molecule has 1 nitrogen and oxygen atoms in total. The van der Waals surface area contributed by atoms with E-state index in [4.69, 9.17) is 17.0 Å². The zero-order valence-corrected chi connectivity index (χ0v) is 9.60. The van der Waals surface area contributed by atoms with Gasteiger partial charge in [0.1, 0.15) is 5.75 Å². The van der Waals surface area contributed by atoms with Crippen molar-refractivity contribution in [2.75, 3.05) is 7.11 Å². The molecule has 0 unspecified atom stereocenters. The predicted molar refractivity (Wildman–Crippen MR) is 67.9 cm³/mol. The Kier molecular flexibility index (Phi) is 2.69. The molecular weight excluding hydrogens is 204 g/mol. The van der Waals surface area contributed by atoms with Crippen molar-refractivity contribution in [3.8, 4) is 5.75 Å². The van der Waals surface area contributed by atoms with Gasteiger partial charge in [-0.25, -0.2) is 0 Å². The van der Waals surface area contributed by atoms with Gasteiger partial charge in [0, 0.05) is 4.86 Å². The van der Waals surface area contributed by atoms with E-state index in [1.807, 2.05) is 25.1 Å². The number of hydrogen-bond acceptors (Lipinski definition) is 2. The summed E-state index contributed by atoms with van der Waals surface area (Å²) in [5, 5.41) is 2.37. The van der Waals surface area contributed by atoms with Gasteiger partial charge in [-0.15, -0.1) is 0 Å². The molecule has 0 fully saturated rings. The van der Waals surface area contributed by atoms with Gasteiger partial charge in [0.2, 0.25) is 0 Å². The molecule has 0 aliphatic heterocycles. The minimum Gasteiger partial charge on any atom is -0.497 e. The van der Waals surface area contributed by atoms with Crippen LogP contribution in [0.15, 0.2) is 36.4 Å². The average molecular weight is 216 g/mol. The minimum atomic E-state index is 0.884. The van der Waals surface area contributed by atoms with Crippen molar-refractivity contribution in [3.63, 3.8) is 0 Å². The third-order valence-corrected chi connectivity index (χ3v) is 2.69. The molecule has 15 heavy (non-hydrogen) atoms. The van der Waals surface area contributed by atoms with Gasteiger partial charge in [0.05, 0.1) is 7.11 Å². The van der Waals surface area contributed by atoms with E-state index in [-0.39, 0.29) is 0 Å². The highest BCUT2D eigenvalue weighted by atomic mass is 32.1. The van der Waals surface area contributed by atoms with E-state index in [9.17, 15) is 0 Å². The molecule has 0 radical (unpaired) electrons. The van der Waals surface area contributed by atoms with Crippen LogP contribution < -0.4 is 4.74 Å². The molecule has 2 rings (SSSR count). The number of hydrogen-bond donors (Lipinski definition) is 0. The number of ether oxygens (including phenoxy) is 1. The lowest BCUT2D eigenvalue weighted by Crippen LogP contribution is -1.89. The first kappa shape index (κ1) is 10.1. The van der Waals surface area contributed by atoms with Gasteiger partial charge in [-0.2, -0.15) is 0 Å². The van der Waals surface area contributed by atoms with Gasteiger partial charge in [0.25, 0.3) is 0 Å². The SMILES string of the molecule is COc1ccc2cc(C(C)=S)ccc2c1. The number of rotatable bonds is 2. The molecule has 0 saturated heterocycles. The van der Waals surface area contributed by atoms with E-state index in [2.05, 4.69) is 18.2 Å². The molecule has 0 atom stereocenters. The quantitative estimate of drug-likeness (QED) is 0.560. The number of methoxy groups -OCH3 is 1. The van der Waals surface area contributed by atoms with Crippen LogP contribution in [0.1, 0.15) is 12.5 Å². The Morgan fingerprint density at radius 1 is 1.07 bits per heavy atom. The van der Waals surface area contributed by atoms with E-state index in [0.29, 0.717) is 0 Å². The normalized spacial score (nSPS) is 10.3. The Labute approximate surface area is 94.7 Å². The number of fused-ring (bicyclic) bond motifs is 1. The summed E-state index contributed by atoms with van der Waals surface area (Å²) < 4.78 is 5.17. The highest BCUT2D eigenvalue weighted by Crippen LogP contribution is 2.22. The van der Waals surface area contributed by atoms with Crippen molar-refractivity contribution in [2.45, 2.75) is 6.92 Å². The maximum Gasteiger partial charge on any atom is 0.119 e. The van der Waals surface area contributed by atoms with Crippen molar-refractivity contribution in [2.24, 2.45) is 0 Å². The predicted octanol–water partition coefficient (Wildman–Crippen LogP) is 3.59. The molecule has 0 amide bonds. The lowest BCUT2D eigenvalue weighted by atomic mass is 10.1. The van der Waals surface area contributed by atoms with Gasteiger partial charge < -0.3 is 4.74 Å². The van der Waals surface area contributed by atoms with E-state index in [1.54, 1.807) is 7.11 Å². The van der Waals surface area contributed by atoms with Crippen LogP contribution in [-0.2, 0) is 0 Å². The van der Waals surface area contributed by atoms with Crippen LogP contribution in [0, 0.1) is 0 Å². The van der Waals surface area contributed by atoms with Crippen LogP contribution in [0.25, 0.3) is 10.8 Å². The Morgan fingerprint density at radius 2 is 1.73 bits per heavy atom. The van der Waals surface area contributed by atoms with Crippen molar-refractivity contribution in [1.29, 1.82) is 0 Å². The molecule has 0 aliphatic rings. The molecule has 2 heteroatoms. The topological polar surface area (TPSA) is 9.23 Å². The molecule has 0 aliphatic carbocycles. The molecule has 2 aromatic rings. The molecule has 2 aromatic carbocycles. The van der Waals surface area contributed by atoms with Crippen molar-refractivity contribution >= 4 is 27.9 Å². The van der Waals surface area contributed by atoms with Crippen molar-refractivity contribution in [1.82, 2.24) is 0 Å². The third kappa shape index (κ3) is 2.00. The molecule has 0 spiro atoms. The first-order chi connectivity index (χ1) is 7.20. The standard InChI is InChI=1S/C13H12OS/c1-9(15)10-3-4-12-8-13(14-2)6-5-11(12)7-10/h3-8H,1-2H3. The van der Waals surface area contributed by atoms with Crippen LogP contribution in [0.4, 0.5) is 0 Å². The van der Waals surface area contributed by atoms with Gasteiger partial charge in [-0.1, -0.05) is 30.4 Å². The zero-order chi connectivity index (χ0) is 10.8. The Balaban J connectivity index is 2.59. The number of thiocarbonyl (C=S) groups is 1. The monoisotopic (exact) mass is 216 g/mol. The Morgan fingerprint density at radius 3 is 2.40 bits per heavy atom. The summed E-state index contributed by atoms with van der Waals surface area (Å²) in [7, 11) is 1.68. The van der Waals surface area contributed by atoms with Crippen LogP contribution in [0.5, 0.6) is 5.75 Å². The molecule has 0 N–H and O–H groups in total. The summed E-state index contributed by atoms with van der Waals surface area (Å²) >= 11 is 5.15. The third-order valence-electron chi connectivity index (χ3n) is 2.45. The first-order valence-electron chi connectivity index (χ1n) is 4.79. The summed E-state index contributed by atoms with van der Waals surface area (Å²) in [4.78, 5) is 0.924. The van der Waals surface area contributed by atoms with Crippen LogP contribution in [0.2, 0.25) is 0 Å². The smallest absolute Gasteiger partial charge is 0.119 e. The van der Waals surface area contributed by atoms with E-state index in [0.717, 1.165) is 16.2 Å². The fourth-order valence-electron chi connectivity index (χ4n) is 1.57. The second-order valence-electron chi connectivity index (χ2n) is 3.48. The minimum absolute atomic E-state index is 0.884. The van der Waals surface area contributed by atoms with Gasteiger partial charge in [-0.3, -0.25) is 0 Å². The summed E-state index contributed by atoms with van der Waals surface area (Å²) in [5.74, 6) is 0.884. The van der Waals surface area contributed by atoms with E-state index >= 15 is 0 Å². The van der Waals surface area contributed by atoms with Gasteiger partial charge >= 0.3 is 0 Å². The van der Waals surface area contributed by atoms with Crippen molar-refractivity contribution in [3.05, 3.63) is 42.0 Å².